The van der Waals surface area contributed by atoms with E-state index in [1.54, 1.807) is 13.3 Å². The van der Waals surface area contributed by atoms with Gasteiger partial charge in [-0.2, -0.15) is 0 Å². The summed E-state index contributed by atoms with van der Waals surface area (Å²) in [5, 5.41) is 6.36. The Balaban J connectivity index is 2.05. The molecule has 2 heterocycles. The second kappa shape index (κ2) is 7.42. The molecule has 21 heavy (non-hydrogen) atoms. The van der Waals surface area contributed by atoms with Crippen molar-refractivity contribution in [2.45, 2.75) is 26.3 Å². The lowest BCUT2D eigenvalue weighted by molar-refractivity contribution is 0.397. The van der Waals surface area contributed by atoms with Crippen molar-refractivity contribution >= 4 is 11.6 Å². The highest BCUT2D eigenvalue weighted by Gasteiger charge is 2.04. The van der Waals surface area contributed by atoms with Crippen molar-refractivity contribution in [1.82, 2.24) is 15.0 Å². The van der Waals surface area contributed by atoms with E-state index in [1.165, 1.54) is 0 Å². The van der Waals surface area contributed by atoms with Crippen LogP contribution < -0.4 is 15.4 Å². The number of pyridine rings is 1. The summed E-state index contributed by atoms with van der Waals surface area (Å²) < 4.78 is 5.04. The van der Waals surface area contributed by atoms with E-state index in [-0.39, 0.29) is 0 Å². The molecule has 0 aliphatic carbocycles. The molecule has 0 saturated heterocycles. The summed E-state index contributed by atoms with van der Waals surface area (Å²) >= 11 is 0. The molecule has 2 aromatic rings. The van der Waals surface area contributed by atoms with Gasteiger partial charge in [-0.05, 0) is 12.0 Å². The lowest BCUT2D eigenvalue weighted by atomic mass is 10.3. The second-order valence-corrected chi connectivity index (χ2v) is 4.62. The number of hydrogen-bond donors (Lipinski definition) is 2. The third-order valence-electron chi connectivity index (χ3n) is 2.98. The van der Waals surface area contributed by atoms with Crippen LogP contribution >= 0.6 is 0 Å². The first-order chi connectivity index (χ1) is 10.2. The molecule has 0 spiro atoms. The molecule has 0 atom stereocenters. The van der Waals surface area contributed by atoms with Crippen LogP contribution in [0.1, 0.15) is 24.7 Å². The molecule has 0 unspecified atom stereocenters. The van der Waals surface area contributed by atoms with Crippen LogP contribution in [0.2, 0.25) is 0 Å². The van der Waals surface area contributed by atoms with Gasteiger partial charge in [-0.15, -0.1) is 0 Å². The van der Waals surface area contributed by atoms with E-state index in [4.69, 9.17) is 4.74 Å². The number of hydrogen-bond acceptors (Lipinski definition) is 6. The average Bonchev–Trinajstić information content (AvgIpc) is 2.53. The minimum absolute atomic E-state index is 0.614. The molecule has 0 aromatic carbocycles. The van der Waals surface area contributed by atoms with Gasteiger partial charge in [0.2, 0.25) is 5.88 Å². The number of aromatic nitrogens is 3. The molecule has 0 radical (unpaired) electrons. The van der Waals surface area contributed by atoms with Gasteiger partial charge in [-0.3, -0.25) is 0 Å². The van der Waals surface area contributed by atoms with Crippen LogP contribution in [0.15, 0.2) is 24.4 Å². The number of anilines is 2. The van der Waals surface area contributed by atoms with E-state index >= 15 is 0 Å². The Hall–Kier alpha value is -2.37. The standard InChI is InChI=1S/C15H21N5O/c1-4-5-12-19-13(16-2)8-14(20-12)17-9-11-6-7-15(21-3)18-10-11/h6-8,10H,4-5,9H2,1-3H3,(H2,16,17,19,20). The lowest BCUT2D eigenvalue weighted by Gasteiger charge is -2.09. The van der Waals surface area contributed by atoms with Gasteiger partial charge in [0.05, 0.1) is 7.11 Å². The highest BCUT2D eigenvalue weighted by Crippen LogP contribution is 2.14. The number of aryl methyl sites for hydroxylation is 1. The summed E-state index contributed by atoms with van der Waals surface area (Å²) in [7, 11) is 3.46. The van der Waals surface area contributed by atoms with Gasteiger partial charge in [0.1, 0.15) is 17.5 Å². The zero-order valence-electron chi connectivity index (χ0n) is 12.7. The summed E-state index contributed by atoms with van der Waals surface area (Å²) in [4.78, 5) is 13.1. The van der Waals surface area contributed by atoms with Crippen molar-refractivity contribution in [3.05, 3.63) is 35.8 Å². The topological polar surface area (TPSA) is 72.0 Å². The summed E-state index contributed by atoms with van der Waals surface area (Å²) in [5.41, 5.74) is 1.07. The van der Waals surface area contributed by atoms with E-state index in [9.17, 15) is 0 Å². The van der Waals surface area contributed by atoms with Crippen LogP contribution in [-0.2, 0) is 13.0 Å². The highest BCUT2D eigenvalue weighted by atomic mass is 16.5. The third-order valence-corrected chi connectivity index (χ3v) is 2.98. The van der Waals surface area contributed by atoms with E-state index < -0.39 is 0 Å². The largest absolute Gasteiger partial charge is 0.481 e. The maximum Gasteiger partial charge on any atom is 0.212 e. The molecule has 0 aliphatic heterocycles. The fourth-order valence-corrected chi connectivity index (χ4v) is 1.88. The second-order valence-electron chi connectivity index (χ2n) is 4.62. The third kappa shape index (κ3) is 4.30. The van der Waals surface area contributed by atoms with Gasteiger partial charge >= 0.3 is 0 Å². The highest BCUT2D eigenvalue weighted by molar-refractivity contribution is 5.47. The molecule has 0 saturated carbocycles. The summed E-state index contributed by atoms with van der Waals surface area (Å²) in [6.07, 6.45) is 3.68. The monoisotopic (exact) mass is 287 g/mol. The molecule has 0 amide bonds. The molecule has 6 nitrogen and oxygen atoms in total. The van der Waals surface area contributed by atoms with Crippen molar-refractivity contribution in [3.8, 4) is 5.88 Å². The molecule has 0 fully saturated rings. The van der Waals surface area contributed by atoms with Gasteiger partial charge < -0.3 is 15.4 Å². The van der Waals surface area contributed by atoms with E-state index in [2.05, 4.69) is 32.5 Å². The van der Waals surface area contributed by atoms with Crippen LogP contribution in [0.3, 0.4) is 0 Å². The first-order valence-corrected chi connectivity index (χ1v) is 7.03. The van der Waals surface area contributed by atoms with Crippen molar-refractivity contribution in [2.75, 3.05) is 24.8 Å². The first-order valence-electron chi connectivity index (χ1n) is 7.03. The molecule has 2 N–H and O–H groups in total. The smallest absolute Gasteiger partial charge is 0.212 e. The number of ether oxygens (including phenoxy) is 1. The van der Waals surface area contributed by atoms with Crippen molar-refractivity contribution < 1.29 is 4.74 Å². The van der Waals surface area contributed by atoms with E-state index in [0.29, 0.717) is 12.4 Å². The average molecular weight is 287 g/mol. The first kappa shape index (κ1) is 15.0. The van der Waals surface area contributed by atoms with E-state index in [1.807, 2.05) is 25.2 Å². The molecular formula is C15H21N5O. The minimum Gasteiger partial charge on any atom is -0.481 e. The van der Waals surface area contributed by atoms with Crippen molar-refractivity contribution in [2.24, 2.45) is 0 Å². The minimum atomic E-state index is 0.614. The van der Waals surface area contributed by atoms with Crippen LogP contribution in [-0.4, -0.2) is 29.1 Å². The Morgan fingerprint density at radius 3 is 2.62 bits per heavy atom. The van der Waals surface area contributed by atoms with Crippen LogP contribution in [0.4, 0.5) is 11.6 Å². The van der Waals surface area contributed by atoms with E-state index in [0.717, 1.165) is 35.9 Å². The quantitative estimate of drug-likeness (QED) is 0.815. The van der Waals surface area contributed by atoms with Crippen molar-refractivity contribution in [1.29, 1.82) is 0 Å². The summed E-state index contributed by atoms with van der Waals surface area (Å²) in [5.74, 6) is 3.10. The zero-order valence-corrected chi connectivity index (χ0v) is 12.7. The number of methoxy groups -OCH3 is 1. The predicted molar refractivity (Wildman–Crippen MR) is 83.7 cm³/mol. The molecule has 112 valence electrons. The molecule has 0 bridgehead atoms. The molecular weight excluding hydrogens is 266 g/mol. The van der Waals surface area contributed by atoms with Gasteiger partial charge in [0.25, 0.3) is 0 Å². The normalized spacial score (nSPS) is 10.2. The molecule has 6 heteroatoms. The Morgan fingerprint density at radius 1 is 1.19 bits per heavy atom. The molecule has 0 aliphatic rings. The molecule has 2 aromatic heterocycles. The number of nitrogens with zero attached hydrogens (tertiary/aromatic N) is 3. The predicted octanol–water partition coefficient (Wildman–Crippen LogP) is 2.49. The van der Waals surface area contributed by atoms with Gasteiger partial charge in [-0.25, -0.2) is 15.0 Å². The van der Waals surface area contributed by atoms with Crippen LogP contribution in [0.25, 0.3) is 0 Å². The number of nitrogens with one attached hydrogen (secondary N) is 2. The number of rotatable bonds is 7. The van der Waals surface area contributed by atoms with Gasteiger partial charge in [0, 0.05) is 38.3 Å². The van der Waals surface area contributed by atoms with Crippen molar-refractivity contribution in [3.63, 3.8) is 0 Å². The maximum absolute atomic E-state index is 5.04. The SMILES string of the molecule is CCCc1nc(NC)cc(NCc2ccc(OC)nc2)n1. The Bertz CT molecular complexity index is 571. The summed E-state index contributed by atoms with van der Waals surface area (Å²) in [6.45, 7) is 2.77. The Morgan fingerprint density at radius 2 is 2.00 bits per heavy atom. The fraction of sp³-hybridized carbons (Fsp3) is 0.400. The Labute approximate surface area is 125 Å². The molecule has 2 rings (SSSR count). The lowest BCUT2D eigenvalue weighted by Crippen LogP contribution is -2.07. The van der Waals surface area contributed by atoms with Gasteiger partial charge in [0.15, 0.2) is 0 Å². The zero-order chi connectivity index (χ0) is 15.1. The van der Waals surface area contributed by atoms with Gasteiger partial charge in [-0.1, -0.05) is 13.0 Å². The Kier molecular flexibility index (Phi) is 5.31. The maximum atomic E-state index is 5.04. The van der Waals surface area contributed by atoms with Crippen LogP contribution in [0.5, 0.6) is 5.88 Å². The fourth-order valence-electron chi connectivity index (χ4n) is 1.88. The van der Waals surface area contributed by atoms with Crippen LogP contribution in [0, 0.1) is 0 Å². The summed E-state index contributed by atoms with van der Waals surface area (Å²) in [6, 6.07) is 5.72.